The molecule has 0 spiro atoms. The Labute approximate surface area is 252 Å². The summed E-state index contributed by atoms with van der Waals surface area (Å²) < 4.78 is 84.2. The van der Waals surface area contributed by atoms with Crippen LogP contribution in [0.15, 0.2) is 158 Å². The van der Waals surface area contributed by atoms with Crippen molar-refractivity contribution in [2.45, 2.75) is 0 Å². The Morgan fingerprint density at radius 2 is 1.05 bits per heavy atom. The first kappa shape index (κ1) is 16.0. The summed E-state index contributed by atoms with van der Waals surface area (Å²) in [6.45, 7) is 0. The maximum atomic E-state index is 9.32. The van der Waals surface area contributed by atoms with Crippen LogP contribution in [0.5, 0.6) is 11.5 Å². The highest BCUT2D eigenvalue weighted by Crippen LogP contribution is 2.47. The molecule has 0 radical (unpaired) electrons. The minimum Gasteiger partial charge on any atom is -0.456 e. The Morgan fingerprint density at radius 1 is 0.415 bits per heavy atom. The number of hydrogen-bond donors (Lipinski definition) is 0. The molecule has 1 nitrogen and oxygen atoms in total. The van der Waals surface area contributed by atoms with Gasteiger partial charge in [-0.1, -0.05) is 133 Å². The van der Waals surface area contributed by atoms with Crippen molar-refractivity contribution in [3.8, 4) is 67.1 Å². The smallest absolute Gasteiger partial charge is 0.135 e. The summed E-state index contributed by atoms with van der Waals surface area (Å²) >= 11 is 0. The van der Waals surface area contributed by atoms with Gasteiger partial charge in [0.05, 0.1) is 12.3 Å². The highest BCUT2D eigenvalue weighted by Gasteiger charge is 2.20. The van der Waals surface area contributed by atoms with Gasteiger partial charge in [0.15, 0.2) is 0 Å². The summed E-state index contributed by atoms with van der Waals surface area (Å²) in [6.07, 6.45) is 0. The minimum absolute atomic E-state index is 0.0115. The van der Waals surface area contributed by atoms with Crippen molar-refractivity contribution in [2.75, 3.05) is 0 Å². The second-order valence-corrected chi connectivity index (χ2v) is 9.83. The van der Waals surface area contributed by atoms with Gasteiger partial charge in [0.25, 0.3) is 0 Å². The Hall–Kier alpha value is -5.40. The summed E-state index contributed by atoms with van der Waals surface area (Å²) in [5.74, 6) is -0.444. The first-order chi connectivity index (χ1) is 24.1. The second-order valence-electron chi connectivity index (χ2n) is 9.83. The molecule has 0 saturated heterocycles. The van der Waals surface area contributed by atoms with Crippen LogP contribution >= 0.6 is 0 Å². The first-order valence-electron chi connectivity index (χ1n) is 17.8. The molecule has 1 aliphatic heterocycles. The molecule has 0 fully saturated rings. The molecule has 1 aliphatic rings. The third-order valence-corrected chi connectivity index (χ3v) is 7.39. The number of hydrogen-bond acceptors (Lipinski definition) is 1. The van der Waals surface area contributed by atoms with Crippen molar-refractivity contribution < 1.29 is 17.1 Å². The van der Waals surface area contributed by atoms with E-state index in [1.807, 2.05) is 48.5 Å². The van der Waals surface area contributed by atoms with Gasteiger partial charge in [-0.2, -0.15) is 0 Å². The maximum absolute atomic E-state index is 9.32. The van der Waals surface area contributed by atoms with Crippen LogP contribution in [0.3, 0.4) is 0 Å². The third kappa shape index (κ3) is 4.11. The summed E-state index contributed by atoms with van der Waals surface area (Å²) in [5, 5.41) is -0.0998. The van der Waals surface area contributed by atoms with Crippen LogP contribution in [0.1, 0.15) is 12.3 Å². The van der Waals surface area contributed by atoms with Crippen molar-refractivity contribution in [1.29, 1.82) is 0 Å². The first-order valence-corrected chi connectivity index (χ1v) is 13.3. The zero-order valence-electron chi connectivity index (χ0n) is 30.7. The lowest BCUT2D eigenvalue weighted by atomic mass is 9.90. The van der Waals surface area contributed by atoms with E-state index in [0.717, 1.165) is 33.4 Å². The summed E-state index contributed by atoms with van der Waals surface area (Å²) in [6, 6.07) is 30.4. The molecule has 0 unspecified atom stereocenters. The highest BCUT2D eigenvalue weighted by molar-refractivity contribution is 6.04. The van der Waals surface area contributed by atoms with E-state index in [0.29, 0.717) is 5.56 Å². The monoisotopic (exact) mass is 531 g/mol. The minimum atomic E-state index is -0.515. The lowest BCUT2D eigenvalue weighted by Gasteiger charge is -2.22. The van der Waals surface area contributed by atoms with Gasteiger partial charge in [-0.3, -0.25) is 0 Å². The molecular formula is C40H26O. The van der Waals surface area contributed by atoms with Crippen molar-refractivity contribution in [1.82, 2.24) is 0 Å². The SMILES string of the molecule is [2H]c1c([2H])c(-c2ccc(-c3ccc(-c4ccccc4)c(-c4ccccc4)c3)cc2)c([2H])c2c1Oc1c([2H])c([2H])c([2H])c3c([2H])c([2H])c([2H])c-2c13. The Morgan fingerprint density at radius 3 is 1.78 bits per heavy atom. The molecule has 0 N–H and O–H groups in total. The zero-order chi connectivity index (χ0) is 35.0. The quantitative estimate of drug-likeness (QED) is 0.219. The van der Waals surface area contributed by atoms with Crippen LogP contribution in [0.4, 0.5) is 0 Å². The van der Waals surface area contributed by atoms with Gasteiger partial charge in [0.1, 0.15) is 11.5 Å². The number of rotatable bonds is 4. The predicted molar refractivity (Wildman–Crippen MR) is 171 cm³/mol. The zero-order valence-corrected chi connectivity index (χ0v) is 21.7. The van der Waals surface area contributed by atoms with Crippen LogP contribution in [0.25, 0.3) is 66.4 Å². The van der Waals surface area contributed by atoms with Crippen LogP contribution < -0.4 is 4.74 Å². The summed E-state index contributed by atoms with van der Waals surface area (Å²) in [4.78, 5) is 0. The molecule has 1 heterocycles. The predicted octanol–water partition coefficient (Wildman–Crippen LogP) is 11.3. The highest BCUT2D eigenvalue weighted by atomic mass is 16.5. The maximum Gasteiger partial charge on any atom is 0.135 e. The Bertz CT molecular complexity index is 2520. The van der Waals surface area contributed by atoms with E-state index in [9.17, 15) is 1.37 Å². The number of benzene rings is 7. The molecule has 0 aromatic heterocycles. The number of ether oxygens (including phenoxy) is 1. The largest absolute Gasteiger partial charge is 0.456 e. The van der Waals surface area contributed by atoms with Crippen LogP contribution in [-0.2, 0) is 0 Å². The molecule has 0 bridgehead atoms. The van der Waals surface area contributed by atoms with Crippen molar-refractivity contribution >= 4 is 10.8 Å². The lowest BCUT2D eigenvalue weighted by molar-refractivity contribution is 0.487. The van der Waals surface area contributed by atoms with Crippen LogP contribution in [0, 0.1) is 0 Å². The van der Waals surface area contributed by atoms with Gasteiger partial charge < -0.3 is 4.74 Å². The molecule has 7 aromatic carbocycles. The third-order valence-electron chi connectivity index (χ3n) is 7.39. The van der Waals surface area contributed by atoms with Crippen molar-refractivity contribution in [3.05, 3.63) is 158 Å². The molecule has 0 atom stereocenters. The van der Waals surface area contributed by atoms with E-state index in [-0.39, 0.29) is 57.1 Å². The standard InChI is InChI=1S/C40H26O/c1-3-9-29(10-4-1)34-23-21-32(25-36(34)30-11-5-2-6-12-30)27-17-19-28(20-18-27)33-22-24-38-37(26-33)35-15-7-13-31-14-8-16-39(41-38)40(31)35/h1-26H/i7D,8D,13D,14D,15D,16D,22D,24D,26D. The Balaban J connectivity index is 1.28. The molecule has 0 aliphatic carbocycles. The molecule has 0 saturated carbocycles. The molecular weight excluding hydrogens is 496 g/mol. The van der Waals surface area contributed by atoms with Gasteiger partial charge in [0.2, 0.25) is 0 Å². The Kier molecular flexibility index (Phi) is 3.77. The molecule has 8 rings (SSSR count). The molecule has 0 amide bonds. The van der Waals surface area contributed by atoms with E-state index in [4.69, 9.17) is 15.7 Å². The van der Waals surface area contributed by atoms with Gasteiger partial charge in [0, 0.05) is 10.9 Å². The topological polar surface area (TPSA) is 9.23 Å². The van der Waals surface area contributed by atoms with Crippen LogP contribution in [0.2, 0.25) is 0 Å². The fourth-order valence-corrected chi connectivity index (χ4v) is 5.38. The fourth-order valence-electron chi connectivity index (χ4n) is 5.38. The van der Waals surface area contributed by atoms with E-state index >= 15 is 0 Å². The van der Waals surface area contributed by atoms with Gasteiger partial charge >= 0.3 is 0 Å². The average molecular weight is 532 g/mol. The molecule has 7 aromatic rings. The average Bonchev–Trinajstić information content (AvgIpc) is 3.15. The van der Waals surface area contributed by atoms with E-state index < -0.39 is 36.3 Å². The van der Waals surface area contributed by atoms with Gasteiger partial charge in [-0.25, -0.2) is 0 Å². The lowest BCUT2D eigenvalue weighted by Crippen LogP contribution is -1.97. The summed E-state index contributed by atoms with van der Waals surface area (Å²) in [7, 11) is 0. The van der Waals surface area contributed by atoms with Crippen molar-refractivity contribution in [3.63, 3.8) is 0 Å². The van der Waals surface area contributed by atoms with E-state index in [1.165, 1.54) is 0 Å². The van der Waals surface area contributed by atoms with Gasteiger partial charge in [-0.15, -0.1) is 0 Å². The normalized spacial score (nSPS) is 14.7. The van der Waals surface area contributed by atoms with Crippen LogP contribution in [-0.4, -0.2) is 0 Å². The number of fused-ring (bicyclic) bond motifs is 2. The fraction of sp³-hybridized carbons (Fsp3) is 0. The van der Waals surface area contributed by atoms with E-state index in [2.05, 4.69) is 42.5 Å². The second kappa shape index (κ2) is 9.66. The summed E-state index contributed by atoms with van der Waals surface area (Å²) in [5.41, 5.74) is 6.82. The molecule has 1 heteroatoms. The van der Waals surface area contributed by atoms with Gasteiger partial charge in [-0.05, 0) is 79.7 Å². The van der Waals surface area contributed by atoms with E-state index in [1.54, 1.807) is 12.1 Å². The van der Waals surface area contributed by atoms with Crippen molar-refractivity contribution in [2.24, 2.45) is 0 Å². The molecule has 41 heavy (non-hydrogen) atoms. The molecule has 192 valence electrons.